The van der Waals surface area contributed by atoms with E-state index in [1.165, 1.54) is 0 Å². The molecule has 1 aliphatic rings. The van der Waals surface area contributed by atoms with Crippen LogP contribution in [-0.2, 0) is 5.41 Å². The summed E-state index contributed by atoms with van der Waals surface area (Å²) in [5.41, 5.74) is 8.80. The molecule has 0 radical (unpaired) electrons. The number of hydrogen-bond acceptors (Lipinski definition) is 8. The number of hydrogen-bond donors (Lipinski definition) is 1. The molecule has 138 valence electrons. The molecule has 8 heteroatoms. The fourth-order valence-electron chi connectivity index (χ4n) is 3.51. The van der Waals surface area contributed by atoms with Gasteiger partial charge in [0.15, 0.2) is 5.82 Å². The minimum Gasteiger partial charge on any atom is -0.368 e. The van der Waals surface area contributed by atoms with E-state index < -0.39 is 0 Å². The van der Waals surface area contributed by atoms with Crippen LogP contribution in [0.15, 0.2) is 59.8 Å². The minimum absolute atomic E-state index is 0.246. The Labute approximate surface area is 160 Å². The van der Waals surface area contributed by atoms with Crippen LogP contribution in [0.4, 0.5) is 5.95 Å². The van der Waals surface area contributed by atoms with Gasteiger partial charge >= 0.3 is 0 Å². The summed E-state index contributed by atoms with van der Waals surface area (Å²) in [5.74, 6) is 1.43. The SMILES string of the molecule is Nc1ncc(-c2ccc(C3(c4noc(-c5cccnc5)n4)CCC3)cn2)cn1. The molecule has 28 heavy (non-hydrogen) atoms. The normalized spacial score (nSPS) is 15.1. The van der Waals surface area contributed by atoms with Gasteiger partial charge in [-0.1, -0.05) is 17.6 Å². The smallest absolute Gasteiger partial charge is 0.259 e. The number of aromatic nitrogens is 6. The molecule has 1 saturated carbocycles. The average Bonchev–Trinajstić information content (AvgIpc) is 3.19. The second-order valence-electron chi connectivity index (χ2n) is 6.86. The Morgan fingerprint density at radius 1 is 0.929 bits per heavy atom. The highest BCUT2D eigenvalue weighted by Crippen LogP contribution is 2.48. The van der Waals surface area contributed by atoms with Gasteiger partial charge in [-0.3, -0.25) is 9.97 Å². The second kappa shape index (κ2) is 6.49. The van der Waals surface area contributed by atoms with Crippen LogP contribution in [-0.4, -0.2) is 30.1 Å². The molecule has 4 heterocycles. The molecule has 2 N–H and O–H groups in total. The van der Waals surface area contributed by atoms with Crippen molar-refractivity contribution >= 4 is 5.95 Å². The quantitative estimate of drug-likeness (QED) is 0.582. The molecular weight excluding hydrogens is 354 g/mol. The number of nitrogens with two attached hydrogens (primary N) is 1. The Morgan fingerprint density at radius 3 is 2.43 bits per heavy atom. The predicted molar refractivity (Wildman–Crippen MR) is 102 cm³/mol. The van der Waals surface area contributed by atoms with Crippen molar-refractivity contribution in [3.8, 4) is 22.7 Å². The lowest BCUT2D eigenvalue weighted by Crippen LogP contribution is -2.36. The molecule has 0 aliphatic heterocycles. The third kappa shape index (κ3) is 2.70. The molecule has 0 bridgehead atoms. The van der Waals surface area contributed by atoms with Crippen LogP contribution in [0.25, 0.3) is 22.7 Å². The highest BCUT2D eigenvalue weighted by Gasteiger charge is 2.44. The van der Waals surface area contributed by atoms with E-state index in [4.69, 9.17) is 10.3 Å². The van der Waals surface area contributed by atoms with Crippen molar-refractivity contribution in [3.63, 3.8) is 0 Å². The van der Waals surface area contributed by atoms with Crippen molar-refractivity contribution in [1.29, 1.82) is 0 Å². The first kappa shape index (κ1) is 16.5. The number of pyridine rings is 2. The lowest BCUT2D eigenvalue weighted by Gasteiger charge is -2.39. The van der Waals surface area contributed by atoms with Crippen LogP contribution in [0.3, 0.4) is 0 Å². The van der Waals surface area contributed by atoms with Gasteiger partial charge < -0.3 is 10.3 Å². The van der Waals surface area contributed by atoms with Crippen molar-refractivity contribution in [1.82, 2.24) is 30.1 Å². The maximum atomic E-state index is 5.55. The van der Waals surface area contributed by atoms with E-state index in [-0.39, 0.29) is 11.4 Å². The van der Waals surface area contributed by atoms with E-state index in [2.05, 4.69) is 36.1 Å². The summed E-state index contributed by atoms with van der Waals surface area (Å²) in [6.07, 6.45) is 11.7. The van der Waals surface area contributed by atoms with Gasteiger partial charge in [0, 0.05) is 36.5 Å². The van der Waals surface area contributed by atoms with Crippen LogP contribution >= 0.6 is 0 Å². The standard InChI is InChI=1S/C20H17N7O/c21-19-24-10-14(11-25-19)16-5-4-15(12-23-16)20(6-2-7-20)18-26-17(28-27-18)13-3-1-8-22-9-13/h1,3-5,8-12H,2,6-7H2,(H2,21,24,25). The molecule has 4 aromatic heterocycles. The fraction of sp³-hybridized carbons (Fsp3) is 0.200. The van der Waals surface area contributed by atoms with Gasteiger partial charge in [-0.2, -0.15) is 4.98 Å². The summed E-state index contributed by atoms with van der Waals surface area (Å²) in [6.45, 7) is 0. The Balaban J connectivity index is 1.47. The largest absolute Gasteiger partial charge is 0.368 e. The number of rotatable bonds is 4. The van der Waals surface area contributed by atoms with Crippen LogP contribution < -0.4 is 5.73 Å². The van der Waals surface area contributed by atoms with Gasteiger partial charge in [-0.05, 0) is 36.6 Å². The zero-order valence-corrected chi connectivity index (χ0v) is 15.0. The molecule has 5 rings (SSSR count). The predicted octanol–water partition coefficient (Wildman–Crippen LogP) is 3.04. The zero-order chi connectivity index (χ0) is 19.0. The van der Waals surface area contributed by atoms with Crippen molar-refractivity contribution in [2.75, 3.05) is 5.73 Å². The molecule has 8 nitrogen and oxygen atoms in total. The molecule has 4 aromatic rings. The molecule has 0 spiro atoms. The number of anilines is 1. The molecule has 0 unspecified atom stereocenters. The Hall–Kier alpha value is -3.68. The van der Waals surface area contributed by atoms with E-state index in [9.17, 15) is 0 Å². The first-order valence-corrected chi connectivity index (χ1v) is 9.04. The van der Waals surface area contributed by atoms with Crippen molar-refractivity contribution in [2.24, 2.45) is 0 Å². The molecule has 0 aromatic carbocycles. The molecular formula is C20H17N7O. The zero-order valence-electron chi connectivity index (χ0n) is 15.0. The number of nitrogens with zero attached hydrogens (tertiary/aromatic N) is 6. The second-order valence-corrected chi connectivity index (χ2v) is 6.86. The maximum absolute atomic E-state index is 5.55. The van der Waals surface area contributed by atoms with E-state index in [1.807, 2.05) is 24.4 Å². The summed E-state index contributed by atoms with van der Waals surface area (Å²) in [6, 6.07) is 7.79. The Kier molecular flexibility index (Phi) is 3.82. The van der Waals surface area contributed by atoms with Crippen LogP contribution in [0.1, 0.15) is 30.7 Å². The van der Waals surface area contributed by atoms with Crippen molar-refractivity contribution in [3.05, 3.63) is 66.6 Å². The topological polar surface area (TPSA) is 116 Å². The molecule has 1 fully saturated rings. The highest BCUT2D eigenvalue weighted by atomic mass is 16.5. The van der Waals surface area contributed by atoms with E-state index >= 15 is 0 Å². The minimum atomic E-state index is -0.257. The average molecular weight is 371 g/mol. The summed E-state index contributed by atoms with van der Waals surface area (Å²) in [4.78, 5) is 21.4. The van der Waals surface area contributed by atoms with E-state index in [0.717, 1.165) is 41.6 Å². The van der Waals surface area contributed by atoms with Crippen molar-refractivity contribution in [2.45, 2.75) is 24.7 Å². The highest BCUT2D eigenvalue weighted by molar-refractivity contribution is 5.58. The molecule has 0 atom stereocenters. The lowest BCUT2D eigenvalue weighted by molar-refractivity contribution is 0.272. The number of nitrogen functional groups attached to an aromatic ring is 1. The van der Waals surface area contributed by atoms with Crippen LogP contribution in [0.2, 0.25) is 0 Å². The van der Waals surface area contributed by atoms with Crippen LogP contribution in [0.5, 0.6) is 0 Å². The van der Waals surface area contributed by atoms with Gasteiger partial charge in [0.1, 0.15) is 0 Å². The maximum Gasteiger partial charge on any atom is 0.259 e. The monoisotopic (exact) mass is 371 g/mol. The van der Waals surface area contributed by atoms with Gasteiger partial charge in [-0.25, -0.2) is 9.97 Å². The van der Waals surface area contributed by atoms with Gasteiger partial charge in [0.25, 0.3) is 5.89 Å². The summed E-state index contributed by atoms with van der Waals surface area (Å²) < 4.78 is 5.51. The first-order chi connectivity index (χ1) is 13.7. The first-order valence-electron chi connectivity index (χ1n) is 9.04. The van der Waals surface area contributed by atoms with E-state index in [1.54, 1.807) is 24.8 Å². The van der Waals surface area contributed by atoms with Gasteiger partial charge in [0.2, 0.25) is 5.95 Å². The van der Waals surface area contributed by atoms with Gasteiger partial charge in [-0.15, -0.1) is 0 Å². The van der Waals surface area contributed by atoms with Crippen molar-refractivity contribution < 1.29 is 4.52 Å². The fourth-order valence-corrected chi connectivity index (χ4v) is 3.51. The third-order valence-corrected chi connectivity index (χ3v) is 5.25. The third-order valence-electron chi connectivity index (χ3n) is 5.25. The molecule has 1 aliphatic carbocycles. The van der Waals surface area contributed by atoms with E-state index in [0.29, 0.717) is 11.7 Å². The summed E-state index contributed by atoms with van der Waals surface area (Å²) >= 11 is 0. The Morgan fingerprint density at radius 2 is 1.79 bits per heavy atom. The summed E-state index contributed by atoms with van der Waals surface area (Å²) in [7, 11) is 0. The summed E-state index contributed by atoms with van der Waals surface area (Å²) in [5, 5.41) is 4.28. The van der Waals surface area contributed by atoms with Gasteiger partial charge in [0.05, 0.1) is 16.7 Å². The molecule has 0 saturated heterocycles. The Bertz CT molecular complexity index is 1090. The molecule has 0 amide bonds. The van der Waals surface area contributed by atoms with Crippen LogP contribution in [0, 0.1) is 0 Å². The lowest BCUT2D eigenvalue weighted by atomic mass is 9.64.